The number of rotatable bonds is 5. The molecule has 92 valence electrons. The third-order valence-corrected chi connectivity index (χ3v) is 2.77. The molecule has 0 aliphatic heterocycles. The summed E-state index contributed by atoms with van der Waals surface area (Å²) in [7, 11) is 0. The molecule has 17 heavy (non-hydrogen) atoms. The maximum absolute atomic E-state index is 11.1. The Hall–Kier alpha value is -1.61. The van der Waals surface area contributed by atoms with E-state index < -0.39 is 11.4 Å². The van der Waals surface area contributed by atoms with Crippen molar-refractivity contribution in [1.82, 2.24) is 0 Å². The molecule has 3 nitrogen and oxygen atoms in total. The van der Waals surface area contributed by atoms with Crippen LogP contribution in [0.2, 0.25) is 0 Å². The van der Waals surface area contributed by atoms with E-state index in [9.17, 15) is 4.79 Å². The lowest BCUT2D eigenvalue weighted by Gasteiger charge is -2.19. The second-order valence-corrected chi connectivity index (χ2v) is 4.47. The summed E-state index contributed by atoms with van der Waals surface area (Å²) in [5.41, 5.74) is 0.917. The van der Waals surface area contributed by atoms with Crippen LogP contribution >= 0.6 is 0 Å². The fourth-order valence-electron chi connectivity index (χ4n) is 1.43. The molecule has 0 amide bonds. The molecule has 0 radical (unpaired) electrons. The predicted molar refractivity (Wildman–Crippen MR) is 67.8 cm³/mol. The highest BCUT2D eigenvalue weighted by Crippen LogP contribution is 2.23. The molecule has 3 heteroatoms. The molecule has 0 heterocycles. The van der Waals surface area contributed by atoms with Gasteiger partial charge in [0.2, 0.25) is 0 Å². The predicted octanol–water partition coefficient (Wildman–Crippen LogP) is 2.44. The number of carboxylic acids is 1. The summed E-state index contributed by atoms with van der Waals surface area (Å²) < 4.78 is 0. The molecule has 1 aromatic carbocycles. The second-order valence-electron chi connectivity index (χ2n) is 4.47. The molecule has 0 bridgehead atoms. The van der Waals surface area contributed by atoms with Gasteiger partial charge < -0.3 is 10.2 Å². The second kappa shape index (κ2) is 5.64. The normalized spacial score (nSPS) is 11.9. The molecule has 0 aliphatic rings. The molecule has 2 N–H and O–H groups in total. The van der Waals surface area contributed by atoms with Crippen molar-refractivity contribution in [3.63, 3.8) is 0 Å². The SMILES string of the molecule is CC(C)(C(=O)O)c1ccc(C=CCCO)cc1. The van der Waals surface area contributed by atoms with Crippen LogP contribution in [0.1, 0.15) is 31.4 Å². The van der Waals surface area contributed by atoms with E-state index >= 15 is 0 Å². The van der Waals surface area contributed by atoms with Crippen LogP contribution in [0.4, 0.5) is 0 Å². The van der Waals surface area contributed by atoms with E-state index in [1.807, 2.05) is 36.4 Å². The zero-order valence-electron chi connectivity index (χ0n) is 10.2. The van der Waals surface area contributed by atoms with E-state index in [2.05, 4.69) is 0 Å². The Labute approximate surface area is 101 Å². The molecule has 0 fully saturated rings. The van der Waals surface area contributed by atoms with Gasteiger partial charge in [0, 0.05) is 6.61 Å². The van der Waals surface area contributed by atoms with Crippen LogP contribution < -0.4 is 0 Å². The van der Waals surface area contributed by atoms with E-state index in [0.29, 0.717) is 6.42 Å². The van der Waals surface area contributed by atoms with Gasteiger partial charge in [0.25, 0.3) is 0 Å². The minimum Gasteiger partial charge on any atom is -0.481 e. The van der Waals surface area contributed by atoms with Gasteiger partial charge in [-0.05, 0) is 31.4 Å². The number of hydrogen-bond donors (Lipinski definition) is 2. The molecule has 0 spiro atoms. The molecule has 1 rings (SSSR count). The van der Waals surface area contributed by atoms with Crippen LogP contribution in [0.15, 0.2) is 30.3 Å². The molecule has 1 aromatic rings. The lowest BCUT2D eigenvalue weighted by atomic mass is 9.84. The number of carboxylic acid groups (broad SMARTS) is 1. The average Bonchev–Trinajstić information content (AvgIpc) is 2.30. The highest BCUT2D eigenvalue weighted by Gasteiger charge is 2.28. The van der Waals surface area contributed by atoms with Gasteiger partial charge in [-0.3, -0.25) is 4.79 Å². The van der Waals surface area contributed by atoms with E-state index in [0.717, 1.165) is 11.1 Å². The van der Waals surface area contributed by atoms with Gasteiger partial charge in [-0.25, -0.2) is 0 Å². The van der Waals surface area contributed by atoms with Crippen molar-refractivity contribution in [1.29, 1.82) is 0 Å². The quantitative estimate of drug-likeness (QED) is 0.822. The fourth-order valence-corrected chi connectivity index (χ4v) is 1.43. The smallest absolute Gasteiger partial charge is 0.313 e. The standard InChI is InChI=1S/C14H18O3/c1-14(2,13(16)17)12-8-6-11(7-9-12)5-3-4-10-15/h3,5-9,15H,4,10H2,1-2H3,(H,16,17). The van der Waals surface area contributed by atoms with Crippen molar-refractivity contribution in [3.8, 4) is 0 Å². The number of aliphatic carboxylic acids is 1. The molecule has 0 unspecified atom stereocenters. The summed E-state index contributed by atoms with van der Waals surface area (Å²) in [5.74, 6) is -0.832. The fraction of sp³-hybridized carbons (Fsp3) is 0.357. The Bertz CT molecular complexity index is 402. The van der Waals surface area contributed by atoms with Gasteiger partial charge in [0.05, 0.1) is 5.41 Å². The van der Waals surface area contributed by atoms with Crippen LogP contribution in [-0.2, 0) is 10.2 Å². The Morgan fingerprint density at radius 2 is 1.88 bits per heavy atom. The highest BCUT2D eigenvalue weighted by molar-refractivity contribution is 5.80. The Morgan fingerprint density at radius 3 is 2.35 bits per heavy atom. The van der Waals surface area contributed by atoms with Gasteiger partial charge in [-0.1, -0.05) is 36.4 Å². The van der Waals surface area contributed by atoms with Gasteiger partial charge in [0.15, 0.2) is 0 Å². The summed E-state index contributed by atoms with van der Waals surface area (Å²) in [4.78, 5) is 11.1. The van der Waals surface area contributed by atoms with Crippen molar-refractivity contribution < 1.29 is 15.0 Å². The number of benzene rings is 1. The molecule has 0 saturated carbocycles. The Morgan fingerprint density at radius 1 is 1.29 bits per heavy atom. The molecule has 0 saturated heterocycles. The van der Waals surface area contributed by atoms with Crippen molar-refractivity contribution in [3.05, 3.63) is 41.5 Å². The molecule has 0 atom stereocenters. The summed E-state index contributed by atoms with van der Waals surface area (Å²) in [6, 6.07) is 7.42. The largest absolute Gasteiger partial charge is 0.481 e. The number of aliphatic hydroxyl groups excluding tert-OH is 1. The third-order valence-electron chi connectivity index (χ3n) is 2.77. The Balaban J connectivity index is 2.85. The summed E-state index contributed by atoms with van der Waals surface area (Å²) in [6.45, 7) is 3.51. The first-order chi connectivity index (χ1) is 7.98. The number of aliphatic hydroxyl groups is 1. The maximum atomic E-state index is 11.1. The maximum Gasteiger partial charge on any atom is 0.313 e. The van der Waals surface area contributed by atoms with Gasteiger partial charge in [0.1, 0.15) is 0 Å². The summed E-state index contributed by atoms with van der Waals surface area (Å²) in [6.07, 6.45) is 4.42. The first-order valence-corrected chi connectivity index (χ1v) is 5.60. The van der Waals surface area contributed by atoms with Gasteiger partial charge >= 0.3 is 5.97 Å². The summed E-state index contributed by atoms with van der Waals surface area (Å²) >= 11 is 0. The first-order valence-electron chi connectivity index (χ1n) is 5.60. The Kier molecular flexibility index (Phi) is 4.46. The number of carbonyl (C=O) groups is 1. The highest BCUT2D eigenvalue weighted by atomic mass is 16.4. The van der Waals surface area contributed by atoms with Gasteiger partial charge in [-0.15, -0.1) is 0 Å². The topological polar surface area (TPSA) is 57.5 Å². The van der Waals surface area contributed by atoms with Crippen LogP contribution in [0.5, 0.6) is 0 Å². The monoisotopic (exact) mass is 234 g/mol. The van der Waals surface area contributed by atoms with Crippen LogP contribution in [-0.4, -0.2) is 22.8 Å². The van der Waals surface area contributed by atoms with E-state index in [1.54, 1.807) is 13.8 Å². The zero-order chi connectivity index (χ0) is 12.9. The lowest BCUT2D eigenvalue weighted by Crippen LogP contribution is -2.28. The average molecular weight is 234 g/mol. The number of hydrogen-bond acceptors (Lipinski definition) is 2. The van der Waals surface area contributed by atoms with Crippen LogP contribution in [0, 0.1) is 0 Å². The molecular formula is C14H18O3. The van der Waals surface area contributed by atoms with E-state index in [-0.39, 0.29) is 6.61 Å². The minimum atomic E-state index is -0.868. The van der Waals surface area contributed by atoms with Crippen LogP contribution in [0.25, 0.3) is 6.08 Å². The third kappa shape index (κ3) is 3.43. The minimum absolute atomic E-state index is 0.140. The lowest BCUT2D eigenvalue weighted by molar-refractivity contribution is -0.142. The van der Waals surface area contributed by atoms with Crippen LogP contribution in [0.3, 0.4) is 0 Å². The zero-order valence-corrected chi connectivity index (χ0v) is 10.2. The van der Waals surface area contributed by atoms with Crippen molar-refractivity contribution in [2.75, 3.05) is 6.61 Å². The van der Waals surface area contributed by atoms with Crippen molar-refractivity contribution in [2.45, 2.75) is 25.7 Å². The van der Waals surface area contributed by atoms with E-state index in [1.165, 1.54) is 0 Å². The molecular weight excluding hydrogens is 216 g/mol. The van der Waals surface area contributed by atoms with Crippen molar-refractivity contribution in [2.24, 2.45) is 0 Å². The van der Waals surface area contributed by atoms with Crippen molar-refractivity contribution >= 4 is 12.0 Å². The van der Waals surface area contributed by atoms with Gasteiger partial charge in [-0.2, -0.15) is 0 Å². The summed E-state index contributed by atoms with van der Waals surface area (Å²) in [5, 5.41) is 17.7. The van der Waals surface area contributed by atoms with E-state index in [4.69, 9.17) is 10.2 Å². The first kappa shape index (κ1) is 13.5. The molecule has 0 aromatic heterocycles. The molecule has 0 aliphatic carbocycles.